The molecular formula is C20H24N2O4S. The molecule has 1 aromatic carbocycles. The molecule has 0 radical (unpaired) electrons. The van der Waals surface area contributed by atoms with Crippen molar-refractivity contribution in [1.29, 1.82) is 0 Å². The van der Waals surface area contributed by atoms with E-state index in [-0.39, 0.29) is 18.6 Å². The summed E-state index contributed by atoms with van der Waals surface area (Å²) in [5.41, 5.74) is 1.11. The summed E-state index contributed by atoms with van der Waals surface area (Å²) in [5, 5.41) is 4.94. The second-order valence-electron chi connectivity index (χ2n) is 6.50. The number of hydrogen-bond donors (Lipinski definition) is 1. The number of thiophene rings is 1. The average Bonchev–Trinajstić information content (AvgIpc) is 3.36. The molecule has 1 unspecified atom stereocenters. The third-order valence-corrected chi connectivity index (χ3v) is 5.26. The van der Waals surface area contributed by atoms with Crippen molar-refractivity contribution in [3.63, 3.8) is 0 Å². The van der Waals surface area contributed by atoms with Gasteiger partial charge in [0.2, 0.25) is 5.91 Å². The first-order valence-electron chi connectivity index (χ1n) is 8.98. The maximum absolute atomic E-state index is 12.5. The lowest BCUT2D eigenvalue weighted by Gasteiger charge is -2.24. The SMILES string of the molecule is COC(=O)c1ccc(NC(=O)CN(Cc2cccs2)CC2CCCO2)cc1. The highest BCUT2D eigenvalue weighted by Gasteiger charge is 2.21. The number of amides is 1. The fourth-order valence-electron chi connectivity index (χ4n) is 3.10. The summed E-state index contributed by atoms with van der Waals surface area (Å²) in [5.74, 6) is -0.484. The third kappa shape index (κ3) is 5.89. The molecule has 1 aliphatic rings. The summed E-state index contributed by atoms with van der Waals surface area (Å²) in [6.07, 6.45) is 2.31. The van der Waals surface area contributed by atoms with E-state index < -0.39 is 5.97 Å². The van der Waals surface area contributed by atoms with Crippen LogP contribution in [0.1, 0.15) is 28.1 Å². The number of anilines is 1. The van der Waals surface area contributed by atoms with Gasteiger partial charge in [0.25, 0.3) is 0 Å². The molecule has 1 aliphatic heterocycles. The minimum Gasteiger partial charge on any atom is -0.465 e. The van der Waals surface area contributed by atoms with Crippen LogP contribution in [-0.4, -0.2) is 49.7 Å². The number of nitrogens with one attached hydrogen (secondary N) is 1. The predicted molar refractivity (Wildman–Crippen MR) is 105 cm³/mol. The molecule has 1 aromatic heterocycles. The Kier molecular flexibility index (Phi) is 6.98. The van der Waals surface area contributed by atoms with E-state index in [0.717, 1.165) is 32.5 Å². The van der Waals surface area contributed by atoms with E-state index in [9.17, 15) is 9.59 Å². The van der Waals surface area contributed by atoms with Crippen LogP contribution in [0.3, 0.4) is 0 Å². The molecule has 144 valence electrons. The standard InChI is InChI=1S/C20H24N2O4S/c1-25-20(24)15-6-8-16(9-7-15)21-19(23)14-22(12-17-4-2-10-26-17)13-18-5-3-11-27-18/h3,5-9,11,17H,2,4,10,12-14H2,1H3,(H,21,23). The van der Waals surface area contributed by atoms with Crippen LogP contribution in [0.25, 0.3) is 0 Å². The van der Waals surface area contributed by atoms with Gasteiger partial charge in [-0.3, -0.25) is 9.69 Å². The van der Waals surface area contributed by atoms with Crippen molar-refractivity contribution < 1.29 is 19.1 Å². The van der Waals surface area contributed by atoms with Gasteiger partial charge < -0.3 is 14.8 Å². The molecule has 1 N–H and O–H groups in total. The van der Waals surface area contributed by atoms with E-state index in [1.54, 1.807) is 35.6 Å². The first-order valence-corrected chi connectivity index (χ1v) is 9.86. The molecule has 6 nitrogen and oxygen atoms in total. The van der Waals surface area contributed by atoms with Crippen molar-refractivity contribution in [2.45, 2.75) is 25.5 Å². The molecule has 7 heteroatoms. The topological polar surface area (TPSA) is 67.9 Å². The molecule has 0 spiro atoms. The summed E-state index contributed by atoms with van der Waals surface area (Å²) in [4.78, 5) is 27.3. The van der Waals surface area contributed by atoms with Gasteiger partial charge in [-0.2, -0.15) is 0 Å². The van der Waals surface area contributed by atoms with E-state index in [1.807, 2.05) is 11.4 Å². The Balaban J connectivity index is 1.58. The van der Waals surface area contributed by atoms with Crippen LogP contribution in [0.5, 0.6) is 0 Å². The number of methoxy groups -OCH3 is 1. The average molecular weight is 388 g/mol. The zero-order chi connectivity index (χ0) is 19.1. The minimum atomic E-state index is -0.397. The highest BCUT2D eigenvalue weighted by atomic mass is 32.1. The van der Waals surface area contributed by atoms with Gasteiger partial charge in [0.05, 0.1) is 25.3 Å². The Hall–Kier alpha value is -2.22. The second-order valence-corrected chi connectivity index (χ2v) is 7.53. The van der Waals surface area contributed by atoms with E-state index in [4.69, 9.17) is 4.74 Å². The largest absolute Gasteiger partial charge is 0.465 e. The number of esters is 1. The molecule has 2 heterocycles. The van der Waals surface area contributed by atoms with Crippen LogP contribution in [0.4, 0.5) is 5.69 Å². The van der Waals surface area contributed by atoms with E-state index in [0.29, 0.717) is 11.3 Å². The Morgan fingerprint density at radius 2 is 2.11 bits per heavy atom. The molecule has 1 fully saturated rings. The van der Waals surface area contributed by atoms with Crippen molar-refractivity contribution in [1.82, 2.24) is 4.90 Å². The number of benzene rings is 1. The Bertz CT molecular complexity index is 740. The monoisotopic (exact) mass is 388 g/mol. The lowest BCUT2D eigenvalue weighted by atomic mass is 10.2. The van der Waals surface area contributed by atoms with Crippen molar-refractivity contribution in [3.05, 3.63) is 52.2 Å². The molecular weight excluding hydrogens is 364 g/mol. The number of carbonyl (C=O) groups excluding carboxylic acids is 2. The summed E-state index contributed by atoms with van der Waals surface area (Å²) in [6, 6.07) is 10.8. The number of hydrogen-bond acceptors (Lipinski definition) is 6. The first-order chi connectivity index (χ1) is 13.1. The van der Waals surface area contributed by atoms with Crippen molar-refractivity contribution >= 4 is 28.9 Å². The summed E-state index contributed by atoms with van der Waals surface area (Å²) < 4.78 is 10.4. The van der Waals surface area contributed by atoms with E-state index in [2.05, 4.69) is 21.0 Å². The van der Waals surface area contributed by atoms with Crippen LogP contribution in [0.2, 0.25) is 0 Å². The molecule has 0 aliphatic carbocycles. The quantitative estimate of drug-likeness (QED) is 0.704. The third-order valence-electron chi connectivity index (χ3n) is 4.40. The van der Waals surface area contributed by atoms with Gasteiger partial charge in [0.1, 0.15) is 0 Å². The molecule has 3 rings (SSSR count). The summed E-state index contributed by atoms with van der Waals surface area (Å²) >= 11 is 1.69. The zero-order valence-electron chi connectivity index (χ0n) is 15.3. The van der Waals surface area contributed by atoms with Crippen LogP contribution in [0, 0.1) is 0 Å². The van der Waals surface area contributed by atoms with Crippen molar-refractivity contribution in [3.8, 4) is 0 Å². The fraction of sp³-hybridized carbons (Fsp3) is 0.400. The molecule has 1 amide bonds. The minimum absolute atomic E-state index is 0.0876. The molecule has 0 saturated carbocycles. The van der Waals surface area contributed by atoms with Gasteiger partial charge in [-0.05, 0) is 48.6 Å². The Morgan fingerprint density at radius 1 is 1.30 bits per heavy atom. The van der Waals surface area contributed by atoms with Crippen LogP contribution in [0.15, 0.2) is 41.8 Å². The molecule has 1 saturated heterocycles. The maximum Gasteiger partial charge on any atom is 0.337 e. The van der Waals surface area contributed by atoms with Gasteiger partial charge in [-0.25, -0.2) is 4.79 Å². The van der Waals surface area contributed by atoms with Gasteiger partial charge in [-0.15, -0.1) is 11.3 Å². The highest BCUT2D eigenvalue weighted by molar-refractivity contribution is 7.09. The van der Waals surface area contributed by atoms with Crippen LogP contribution >= 0.6 is 11.3 Å². The lowest BCUT2D eigenvalue weighted by Crippen LogP contribution is -2.37. The number of nitrogens with zero attached hydrogens (tertiary/aromatic N) is 1. The van der Waals surface area contributed by atoms with Crippen molar-refractivity contribution in [2.24, 2.45) is 0 Å². The van der Waals surface area contributed by atoms with Crippen molar-refractivity contribution in [2.75, 3.05) is 32.1 Å². The van der Waals surface area contributed by atoms with Crippen LogP contribution < -0.4 is 5.32 Å². The normalized spacial score (nSPS) is 16.4. The number of rotatable bonds is 8. The van der Waals surface area contributed by atoms with Crippen LogP contribution in [-0.2, 0) is 20.8 Å². The Morgan fingerprint density at radius 3 is 2.74 bits per heavy atom. The molecule has 27 heavy (non-hydrogen) atoms. The van der Waals surface area contributed by atoms with E-state index in [1.165, 1.54) is 12.0 Å². The summed E-state index contributed by atoms with van der Waals surface area (Å²) in [7, 11) is 1.34. The molecule has 0 bridgehead atoms. The number of ether oxygens (including phenoxy) is 2. The van der Waals surface area contributed by atoms with E-state index >= 15 is 0 Å². The Labute approximate surface area is 163 Å². The fourth-order valence-corrected chi connectivity index (χ4v) is 3.84. The smallest absolute Gasteiger partial charge is 0.337 e. The number of carbonyl (C=O) groups is 2. The van der Waals surface area contributed by atoms with Gasteiger partial charge in [0, 0.05) is 30.3 Å². The maximum atomic E-state index is 12.5. The second kappa shape index (κ2) is 9.64. The lowest BCUT2D eigenvalue weighted by molar-refractivity contribution is -0.117. The van der Waals surface area contributed by atoms with Gasteiger partial charge in [0.15, 0.2) is 0 Å². The highest BCUT2D eigenvalue weighted by Crippen LogP contribution is 2.17. The van der Waals surface area contributed by atoms with Gasteiger partial charge in [-0.1, -0.05) is 6.07 Å². The predicted octanol–water partition coefficient (Wildman–Crippen LogP) is 3.15. The molecule has 2 aromatic rings. The first kappa shape index (κ1) is 19.5. The zero-order valence-corrected chi connectivity index (χ0v) is 16.2. The van der Waals surface area contributed by atoms with Gasteiger partial charge >= 0.3 is 5.97 Å². The summed E-state index contributed by atoms with van der Waals surface area (Å²) in [6.45, 7) is 2.56. The molecule has 1 atom stereocenters.